The first-order valence-electron chi connectivity index (χ1n) is 31.7. The Labute approximate surface area is 571 Å². The molecule has 5 aromatic carbocycles. The first-order chi connectivity index (χ1) is 46.3. The Bertz CT molecular complexity index is 3920. The average molecular weight is 1400 g/mol. The predicted octanol–water partition coefficient (Wildman–Crippen LogP) is 4.00. The summed E-state index contributed by atoms with van der Waals surface area (Å²) in [5.41, 5.74) is 10.1. The Kier molecular flexibility index (Phi) is 22.1. The summed E-state index contributed by atoms with van der Waals surface area (Å²) in [6.07, 6.45) is -19.5. The van der Waals surface area contributed by atoms with Gasteiger partial charge in [0.1, 0.15) is 65.0 Å². The van der Waals surface area contributed by atoms with Crippen molar-refractivity contribution in [3.05, 3.63) is 117 Å². The number of phenols is 3. The second-order valence-corrected chi connectivity index (χ2v) is 27.0. The molecular weight excluding hydrogens is 1320 g/mol. The maximum absolute atomic E-state index is 15.5. The molecule has 5 aromatic rings. The van der Waals surface area contributed by atoms with Crippen LogP contribution < -0.4 is 46.9 Å². The van der Waals surface area contributed by atoms with Crippen molar-refractivity contribution < 1.29 is 103 Å². The van der Waals surface area contributed by atoms with E-state index in [4.69, 9.17) is 63.1 Å². The van der Waals surface area contributed by atoms with Crippen molar-refractivity contribution in [3.63, 3.8) is 0 Å². The SMILES string of the molecule is CNC(CC(C)C)C(=O)NC1C(=O)CC(CC(N)=O)C(=O)NC2C(=N)CC3C(=O)CC(C(=O)NCc4cc(O)cc(O)c4-c4cc3ccc4O)C(O)c3ccc(c(Cl)c3)Oc3cc2cc(c3OC2OC(CO)C(O)C(O)C2OC2CC(C)(N)C(O)C(C)O2)Oc2ccc(cc2Cl)[C@@H]1O. The maximum Gasteiger partial charge on any atom is 0.237 e. The van der Waals surface area contributed by atoms with Crippen molar-refractivity contribution in [1.82, 2.24) is 21.3 Å². The predicted molar refractivity (Wildman–Crippen MR) is 349 cm³/mol. The number of halogens is 2. The van der Waals surface area contributed by atoms with E-state index in [1.54, 1.807) is 6.92 Å². The van der Waals surface area contributed by atoms with Crippen LogP contribution in [0, 0.1) is 23.2 Å². The molecule has 18 N–H and O–H groups in total. The number of hydrogen-bond donors (Lipinski definition) is 16. The molecule has 17 atom stereocenters. The third-order valence-electron chi connectivity index (χ3n) is 18.4. The number of aliphatic hydroxyl groups is 6. The number of carbonyl (C=O) groups excluding carboxylic acids is 6. The number of Topliss-reactive ketones (excluding diaryl/α,β-unsaturated/α-hetero) is 2. The normalized spacial score (nSPS) is 29.5. The molecule has 7 aliphatic rings. The van der Waals surface area contributed by atoms with Gasteiger partial charge in [-0.15, -0.1) is 0 Å². The van der Waals surface area contributed by atoms with Crippen LogP contribution in [0.15, 0.2) is 78.9 Å². The van der Waals surface area contributed by atoms with Gasteiger partial charge >= 0.3 is 0 Å². The zero-order valence-corrected chi connectivity index (χ0v) is 55.3. The summed E-state index contributed by atoms with van der Waals surface area (Å²) in [5.74, 6) is -14.0. The maximum atomic E-state index is 15.5. The lowest BCUT2D eigenvalue weighted by Crippen LogP contribution is -2.64. The fourth-order valence-corrected chi connectivity index (χ4v) is 13.5. The number of nitrogens with two attached hydrogens (primary N) is 2. The number of fused-ring (bicyclic) bond motifs is 15. The number of nitrogens with one attached hydrogen (secondary N) is 5. The van der Waals surface area contributed by atoms with Gasteiger partial charge in [-0.05, 0) is 116 Å². The van der Waals surface area contributed by atoms with E-state index >= 15 is 9.59 Å². The number of likely N-dealkylation sites (N-methyl/N-ethyl adjacent to an activating group) is 1. The lowest BCUT2D eigenvalue weighted by atomic mass is 9.79. The number of ketones is 2. The molecule has 2 fully saturated rings. The molecule has 7 heterocycles. The largest absolute Gasteiger partial charge is 0.508 e. The van der Waals surface area contributed by atoms with Crippen molar-refractivity contribution in [3.8, 4) is 57.1 Å². The van der Waals surface area contributed by atoms with Gasteiger partial charge in [-0.25, -0.2) is 0 Å². The van der Waals surface area contributed by atoms with Gasteiger partial charge in [0, 0.05) is 73.0 Å². The van der Waals surface area contributed by atoms with Gasteiger partial charge in [0.2, 0.25) is 35.7 Å². The van der Waals surface area contributed by atoms with E-state index < -0.39 is 217 Å². The molecule has 30 heteroatoms. The quantitative estimate of drug-likeness (QED) is 0.0839. The minimum atomic E-state index is -1.96. The molecule has 98 heavy (non-hydrogen) atoms. The molecular formula is C68H79Cl2N7O21. The highest BCUT2D eigenvalue weighted by Gasteiger charge is 2.51. The Balaban J connectivity index is 1.23. The fraction of sp³-hybridized carbons (Fsp3) is 0.456. The monoisotopic (exact) mass is 1400 g/mol. The van der Waals surface area contributed by atoms with E-state index in [1.807, 2.05) is 13.8 Å². The summed E-state index contributed by atoms with van der Waals surface area (Å²) in [6.45, 7) is 5.45. The number of ether oxygens (including phenoxy) is 6. The molecule has 11 bridgehead atoms. The number of phenolic OH excluding ortho intramolecular Hbond substituents is 3. The highest BCUT2D eigenvalue weighted by atomic mass is 35.5. The number of aromatic hydroxyl groups is 3. The number of carbonyl (C=O) groups is 6. The van der Waals surface area contributed by atoms with Crippen molar-refractivity contribution in [2.24, 2.45) is 29.2 Å². The van der Waals surface area contributed by atoms with Crippen molar-refractivity contribution in [1.29, 1.82) is 5.41 Å². The molecule has 526 valence electrons. The topological polar surface area (TPSA) is 464 Å². The minimum Gasteiger partial charge on any atom is -0.508 e. The zero-order valence-electron chi connectivity index (χ0n) is 53.8. The Morgan fingerprint density at radius 3 is 2.03 bits per heavy atom. The molecule has 2 saturated heterocycles. The molecule has 0 aromatic heterocycles. The first-order valence-corrected chi connectivity index (χ1v) is 32.5. The molecule has 4 amide bonds. The van der Waals surface area contributed by atoms with Crippen molar-refractivity contribution >= 4 is 64.1 Å². The number of aliphatic hydroxyl groups excluding tert-OH is 6. The van der Waals surface area contributed by atoms with Crippen LogP contribution in [0.5, 0.6) is 46.0 Å². The van der Waals surface area contributed by atoms with Crippen LogP contribution in [-0.2, 0) is 49.5 Å². The van der Waals surface area contributed by atoms with Crippen LogP contribution in [0.4, 0.5) is 0 Å². The van der Waals surface area contributed by atoms with Crippen molar-refractivity contribution in [2.75, 3.05) is 13.7 Å². The zero-order chi connectivity index (χ0) is 71.1. The first kappa shape index (κ1) is 72.7. The number of hydrogen-bond acceptors (Lipinski definition) is 24. The molecule has 12 rings (SSSR count). The lowest BCUT2D eigenvalue weighted by Gasteiger charge is -2.47. The average Bonchev–Trinajstić information content (AvgIpc) is 0.777. The molecule has 0 saturated carbocycles. The Morgan fingerprint density at radius 1 is 0.786 bits per heavy atom. The highest BCUT2D eigenvalue weighted by molar-refractivity contribution is 6.32. The molecule has 0 radical (unpaired) electrons. The number of rotatable bonds is 12. The Hall–Kier alpha value is -8.07. The van der Waals surface area contributed by atoms with Crippen LogP contribution in [0.3, 0.4) is 0 Å². The molecule has 16 unspecified atom stereocenters. The highest BCUT2D eigenvalue weighted by Crippen LogP contribution is 2.50. The van der Waals surface area contributed by atoms with Gasteiger partial charge in [-0.3, -0.25) is 28.8 Å². The third kappa shape index (κ3) is 15.5. The van der Waals surface area contributed by atoms with Gasteiger partial charge in [0.05, 0.1) is 58.9 Å². The van der Waals surface area contributed by atoms with Gasteiger partial charge in [0.15, 0.2) is 29.7 Å². The summed E-state index contributed by atoms with van der Waals surface area (Å²) < 4.78 is 38.7. The van der Waals surface area contributed by atoms with Crippen molar-refractivity contribution in [2.45, 2.75) is 164 Å². The van der Waals surface area contributed by atoms with E-state index in [0.717, 1.165) is 6.07 Å². The third-order valence-corrected chi connectivity index (χ3v) is 19.0. The second-order valence-electron chi connectivity index (χ2n) is 26.2. The standard InChI is InChI=1S/C68H79Cl2N7O21/c1-27(2)12-42(74-5)66(92)77-56-46(83)17-33(20-52(72)84)64(90)76-55-32-18-49(61(50(19-32)95-48-11-8-31(58(56)86)16-40(48)70)98-67-62(60(88)59(87)51(26-78)96-67)97-53-24-68(4,73)63(89)28(3)93-53)94-47-10-7-30(15-39(47)69)57(85)38-23-44(81)36(22-41(55)71)29-6-9-43(80)37(14-29)54-34(25-75-65(38)91)13-35(79)21-45(54)82/h6-11,13-16,18-19,21,27-28,33,36,38,42,51,53,55-60,62-63,67,71,74,78-80,82,85-89H,12,17,20,22-26,73H2,1-5H3,(H2,72,84)(H,75,91)(H,76,90)(H,77,92)/t28?,33?,36?,38?,42?,51?,53?,55?,56?,57?,58-,59?,60?,62?,63?,67?,68?/m0/s1. The summed E-state index contributed by atoms with van der Waals surface area (Å²) >= 11 is 14.2. The van der Waals surface area contributed by atoms with E-state index in [-0.39, 0.29) is 79.2 Å². The minimum absolute atomic E-state index is 0.0284. The van der Waals surface area contributed by atoms with Gasteiger partial charge < -0.3 is 113 Å². The summed E-state index contributed by atoms with van der Waals surface area (Å²) in [5, 5.41) is 124. The smallest absolute Gasteiger partial charge is 0.237 e. The number of benzene rings is 5. The van der Waals surface area contributed by atoms with Gasteiger partial charge in [-0.2, -0.15) is 0 Å². The van der Waals surface area contributed by atoms with Gasteiger partial charge in [0.25, 0.3) is 0 Å². The molecule has 0 spiro atoms. The van der Waals surface area contributed by atoms with E-state index in [1.165, 1.54) is 86.8 Å². The lowest BCUT2D eigenvalue weighted by molar-refractivity contribution is -0.333. The van der Waals surface area contributed by atoms with Crippen LogP contribution in [0.2, 0.25) is 10.0 Å². The Morgan fingerprint density at radius 2 is 1.43 bits per heavy atom. The van der Waals surface area contributed by atoms with Crippen LogP contribution in [-0.4, -0.2) is 167 Å². The molecule has 0 aliphatic carbocycles. The summed E-state index contributed by atoms with van der Waals surface area (Å²) in [6, 6.07) is 11.6. The molecule has 28 nitrogen and oxygen atoms in total. The van der Waals surface area contributed by atoms with Crippen LogP contribution in [0.25, 0.3) is 11.1 Å². The van der Waals surface area contributed by atoms with E-state index in [0.29, 0.717) is 0 Å². The fourth-order valence-electron chi connectivity index (χ4n) is 13.1. The van der Waals surface area contributed by atoms with Crippen LogP contribution >= 0.6 is 23.2 Å². The summed E-state index contributed by atoms with van der Waals surface area (Å²) in [4.78, 5) is 87.9. The van der Waals surface area contributed by atoms with Gasteiger partial charge in [-0.1, -0.05) is 55.2 Å². The van der Waals surface area contributed by atoms with Crippen LogP contribution in [0.1, 0.15) is 118 Å². The summed E-state index contributed by atoms with van der Waals surface area (Å²) in [7, 11) is 1.52. The molecule has 7 aliphatic heterocycles. The number of primary amides is 1. The second kappa shape index (κ2) is 29.8. The van der Waals surface area contributed by atoms with E-state index in [2.05, 4.69) is 21.3 Å². The number of amides is 4. The van der Waals surface area contributed by atoms with E-state index in [9.17, 15) is 70.5 Å².